The second-order valence-electron chi connectivity index (χ2n) is 9.40. The van der Waals surface area contributed by atoms with Gasteiger partial charge in [-0.1, -0.05) is 20.8 Å². The van der Waals surface area contributed by atoms with Crippen LogP contribution in [0.5, 0.6) is 0 Å². The molecule has 2 aromatic heterocycles. The van der Waals surface area contributed by atoms with Gasteiger partial charge in [0.05, 0.1) is 12.3 Å². The number of nitrogens with one attached hydrogen (secondary N) is 1. The lowest BCUT2D eigenvalue weighted by Crippen LogP contribution is -2.43. The highest BCUT2D eigenvalue weighted by Gasteiger charge is 2.56. The minimum Gasteiger partial charge on any atom is -0.434 e. The highest BCUT2D eigenvalue weighted by molar-refractivity contribution is 7.46. The number of hydrogen-bond acceptors (Lipinski definition) is 11. The average Bonchev–Trinajstić information content (AvgIpc) is 3.31. The summed E-state index contributed by atoms with van der Waals surface area (Å²) in [6.45, 7) is 4.71. The summed E-state index contributed by atoms with van der Waals surface area (Å²) in [4.78, 5) is 33.7. The molecule has 16 heteroatoms. The number of phosphoric acid groups is 1. The number of rotatable bonds is 8. The molecule has 1 aliphatic rings. The Morgan fingerprint density at radius 2 is 2.03 bits per heavy atom. The Balaban J connectivity index is 1.87. The summed E-state index contributed by atoms with van der Waals surface area (Å²) in [6, 6.07) is 2.97. The fourth-order valence-corrected chi connectivity index (χ4v) is 3.88. The van der Waals surface area contributed by atoms with E-state index >= 15 is 0 Å². The summed E-state index contributed by atoms with van der Waals surface area (Å²) in [7, 11) is -3.34. The lowest BCUT2D eigenvalue weighted by Gasteiger charge is -2.27. The summed E-state index contributed by atoms with van der Waals surface area (Å²) >= 11 is 0. The third-order valence-electron chi connectivity index (χ3n) is 5.26. The molecule has 0 aromatic carbocycles. The summed E-state index contributed by atoms with van der Waals surface area (Å²) in [5.74, 6) is 0. The van der Waals surface area contributed by atoms with E-state index in [-0.39, 0.29) is 28.7 Å². The van der Waals surface area contributed by atoms with Crippen LogP contribution in [0.4, 0.5) is 4.79 Å². The number of phosphoric ester groups is 1. The van der Waals surface area contributed by atoms with Crippen molar-refractivity contribution in [2.75, 3.05) is 20.3 Å². The molecule has 1 aliphatic heterocycles. The van der Waals surface area contributed by atoms with Crippen molar-refractivity contribution in [3.8, 4) is 0 Å². The molecule has 36 heavy (non-hydrogen) atoms. The Morgan fingerprint density at radius 3 is 2.64 bits per heavy atom. The van der Waals surface area contributed by atoms with Crippen LogP contribution < -0.4 is 5.49 Å². The quantitative estimate of drug-likeness (QED) is 0.172. The number of carbonyl (C=O) groups excluding carboxylic acids is 1. The van der Waals surface area contributed by atoms with E-state index in [1.165, 1.54) is 29.9 Å². The number of nitrogens with zero attached hydrogens (tertiary/aromatic N) is 4. The predicted octanol–water partition coefficient (Wildman–Crippen LogP) is -0.102. The maximum atomic E-state index is 11.9. The van der Waals surface area contributed by atoms with Crippen LogP contribution in [0.1, 0.15) is 26.5 Å². The van der Waals surface area contributed by atoms with Crippen molar-refractivity contribution in [3.05, 3.63) is 29.6 Å². The third-order valence-corrected chi connectivity index (χ3v) is 5.71. The Hall–Kier alpha value is -2.65. The fraction of sp³-hybridized carbons (Fsp3) is 0.600. The minimum absolute atomic E-state index is 0.117. The molecule has 0 bridgehead atoms. The molecule has 0 radical (unpaired) electrons. The topological polar surface area (TPSA) is 210 Å². The molecule has 0 aliphatic carbocycles. The summed E-state index contributed by atoms with van der Waals surface area (Å²) in [6.07, 6.45) is -2.76. The number of carbonyl (C=O) groups is 1. The first-order valence-electron chi connectivity index (χ1n) is 10.8. The first-order chi connectivity index (χ1) is 16.7. The Morgan fingerprint density at radius 1 is 1.33 bits per heavy atom. The number of hydrogen-bond donors (Lipinski definition) is 5. The summed E-state index contributed by atoms with van der Waals surface area (Å²) in [5, 5.41) is 34.2. The zero-order chi connectivity index (χ0) is 26.9. The molecule has 2 aromatic rings. The molecule has 200 valence electrons. The Kier molecular flexibility index (Phi) is 8.05. The standard InChI is InChI=1S/C20H30N5O10P/c1-19(2,3)9-33-18(28)32-7-13-15(26)16(27)20(35-13,8-22-4)14-6-5-12-17(21)24(10-23-25(12)14)11-34-36(29,30)31/h5-6,8,10,13,15-16,21,26-27H,7,9,11H2,1-4H3,(H2,29,30,31)/b21-17?,22-8-/t13-,15-,16-,20+/m1/s1. The van der Waals surface area contributed by atoms with Crippen molar-refractivity contribution in [1.29, 1.82) is 5.41 Å². The second-order valence-corrected chi connectivity index (χ2v) is 10.6. The van der Waals surface area contributed by atoms with E-state index < -0.39 is 51.2 Å². The van der Waals surface area contributed by atoms with Crippen molar-refractivity contribution in [3.63, 3.8) is 0 Å². The number of aliphatic hydroxyl groups is 2. The van der Waals surface area contributed by atoms with Gasteiger partial charge in [0.25, 0.3) is 0 Å². The predicted molar refractivity (Wildman–Crippen MR) is 122 cm³/mol. The van der Waals surface area contributed by atoms with Gasteiger partial charge in [-0.2, -0.15) is 5.10 Å². The smallest absolute Gasteiger partial charge is 0.434 e. The van der Waals surface area contributed by atoms with Gasteiger partial charge in [-0.25, -0.2) is 13.9 Å². The van der Waals surface area contributed by atoms with Crippen LogP contribution in [0, 0.1) is 10.8 Å². The van der Waals surface area contributed by atoms with Crippen molar-refractivity contribution in [2.45, 2.75) is 51.4 Å². The van der Waals surface area contributed by atoms with Crippen molar-refractivity contribution >= 4 is 25.7 Å². The summed E-state index contributed by atoms with van der Waals surface area (Å²) < 4.78 is 33.8. The van der Waals surface area contributed by atoms with E-state index in [1.807, 2.05) is 20.8 Å². The van der Waals surface area contributed by atoms with Crippen LogP contribution in [0.25, 0.3) is 5.52 Å². The molecule has 0 unspecified atom stereocenters. The normalized spacial score (nSPS) is 25.1. The molecule has 0 spiro atoms. The van der Waals surface area contributed by atoms with Gasteiger partial charge in [0, 0.05) is 13.3 Å². The second kappa shape index (κ2) is 10.4. The van der Waals surface area contributed by atoms with Gasteiger partial charge in [0.1, 0.15) is 43.5 Å². The molecule has 3 heterocycles. The highest BCUT2D eigenvalue weighted by atomic mass is 31.2. The SMILES string of the molecule is C/N=C\[C@@]1(c2ccc3c(=N)n(COP(=O)(O)O)cnn23)O[C@H](COC(=O)OCC(C)(C)C)[C@@H](O)[C@H]1O. The molecule has 3 rings (SSSR count). The van der Waals surface area contributed by atoms with Crippen LogP contribution in [0.2, 0.25) is 0 Å². The van der Waals surface area contributed by atoms with E-state index in [2.05, 4.69) is 14.6 Å². The molecular formula is C20H30N5O10P. The number of aliphatic hydroxyl groups excluding tert-OH is 2. The molecule has 1 fully saturated rings. The van der Waals surface area contributed by atoms with E-state index in [0.29, 0.717) is 0 Å². The van der Waals surface area contributed by atoms with Gasteiger partial charge in [-0.3, -0.25) is 19.5 Å². The van der Waals surface area contributed by atoms with Crippen LogP contribution in [0.15, 0.2) is 23.5 Å². The maximum Gasteiger partial charge on any atom is 0.508 e. The van der Waals surface area contributed by atoms with Crippen LogP contribution in [-0.2, 0) is 35.6 Å². The van der Waals surface area contributed by atoms with Crippen molar-refractivity contribution in [1.82, 2.24) is 14.2 Å². The Labute approximate surface area is 205 Å². The van der Waals surface area contributed by atoms with Crippen molar-refractivity contribution in [2.24, 2.45) is 10.4 Å². The van der Waals surface area contributed by atoms with Gasteiger partial charge in [-0.15, -0.1) is 0 Å². The lowest BCUT2D eigenvalue weighted by atomic mass is 9.92. The van der Waals surface area contributed by atoms with Gasteiger partial charge in [0.15, 0.2) is 11.1 Å². The van der Waals surface area contributed by atoms with Crippen LogP contribution in [0.3, 0.4) is 0 Å². The lowest BCUT2D eigenvalue weighted by molar-refractivity contribution is -0.0651. The highest BCUT2D eigenvalue weighted by Crippen LogP contribution is 2.39. The molecule has 4 atom stereocenters. The number of fused-ring (bicyclic) bond motifs is 1. The van der Waals surface area contributed by atoms with Gasteiger partial charge >= 0.3 is 14.0 Å². The zero-order valence-electron chi connectivity index (χ0n) is 20.1. The van der Waals surface area contributed by atoms with E-state index in [4.69, 9.17) is 29.4 Å². The van der Waals surface area contributed by atoms with Crippen LogP contribution >= 0.6 is 7.82 Å². The largest absolute Gasteiger partial charge is 0.508 e. The van der Waals surface area contributed by atoms with E-state index in [9.17, 15) is 19.6 Å². The maximum absolute atomic E-state index is 11.9. The first-order valence-corrected chi connectivity index (χ1v) is 12.3. The third kappa shape index (κ3) is 6.00. The average molecular weight is 531 g/mol. The molecule has 5 N–H and O–H groups in total. The number of ether oxygens (including phenoxy) is 3. The van der Waals surface area contributed by atoms with Gasteiger partial charge in [0.2, 0.25) is 0 Å². The molecule has 0 amide bonds. The Bertz CT molecular complexity index is 1230. The molecular weight excluding hydrogens is 501 g/mol. The summed E-state index contributed by atoms with van der Waals surface area (Å²) in [5.41, 5.74) is -1.82. The van der Waals surface area contributed by atoms with Crippen LogP contribution in [-0.4, -0.2) is 85.1 Å². The molecule has 15 nitrogen and oxygen atoms in total. The first kappa shape index (κ1) is 27.9. The minimum atomic E-state index is -4.77. The van der Waals surface area contributed by atoms with Gasteiger partial charge in [-0.05, 0) is 17.5 Å². The van der Waals surface area contributed by atoms with Gasteiger partial charge < -0.3 is 34.2 Å². The molecule has 0 saturated carbocycles. The fourth-order valence-electron chi connectivity index (χ4n) is 3.61. The monoisotopic (exact) mass is 531 g/mol. The molecule has 1 saturated heterocycles. The number of aliphatic imine (C=N–C) groups is 1. The van der Waals surface area contributed by atoms with Crippen molar-refractivity contribution < 1.29 is 48.1 Å². The zero-order valence-corrected chi connectivity index (χ0v) is 21.0. The number of aromatic nitrogens is 3. The van der Waals surface area contributed by atoms with E-state index in [0.717, 1.165) is 10.9 Å². The van der Waals surface area contributed by atoms with E-state index in [1.54, 1.807) is 0 Å².